The van der Waals surface area contributed by atoms with Crippen molar-refractivity contribution in [1.29, 1.82) is 0 Å². The van der Waals surface area contributed by atoms with Crippen LogP contribution in [0.1, 0.15) is 12.8 Å². The van der Waals surface area contributed by atoms with Gasteiger partial charge >= 0.3 is 5.69 Å². The number of hydrogen-bond donors (Lipinski definition) is 1. The highest BCUT2D eigenvalue weighted by Gasteiger charge is 2.27. The van der Waals surface area contributed by atoms with Crippen molar-refractivity contribution in [3.05, 3.63) is 16.3 Å². The lowest BCUT2D eigenvalue weighted by molar-refractivity contribution is -0.384. The van der Waals surface area contributed by atoms with Crippen LogP contribution in [0.3, 0.4) is 0 Å². The third-order valence-corrected chi connectivity index (χ3v) is 3.23. The van der Waals surface area contributed by atoms with Gasteiger partial charge in [-0.1, -0.05) is 0 Å². The molecular weight excluding hydrogens is 222 g/mol. The van der Waals surface area contributed by atoms with Gasteiger partial charge in [0.05, 0.1) is 4.92 Å². The molecule has 17 heavy (non-hydrogen) atoms. The standard InChI is InChI=1S/C10H17N5O2/c1-13-7-9(15(16)17)10(12-13)14-4-2-8(6-11)3-5-14/h7-8H,2-6,11H2,1H3. The number of piperidine rings is 1. The summed E-state index contributed by atoms with van der Waals surface area (Å²) in [5.41, 5.74) is 5.71. The molecule has 2 heterocycles. The van der Waals surface area contributed by atoms with Crippen LogP contribution in [-0.4, -0.2) is 34.3 Å². The number of aryl methyl sites for hydroxylation is 1. The van der Waals surface area contributed by atoms with Crippen LogP contribution >= 0.6 is 0 Å². The van der Waals surface area contributed by atoms with Crippen LogP contribution in [-0.2, 0) is 7.05 Å². The summed E-state index contributed by atoms with van der Waals surface area (Å²) < 4.78 is 1.49. The molecule has 1 aromatic heterocycles. The van der Waals surface area contributed by atoms with Crippen molar-refractivity contribution in [3.63, 3.8) is 0 Å². The Hall–Kier alpha value is -1.63. The maximum atomic E-state index is 10.9. The molecule has 7 nitrogen and oxygen atoms in total. The first-order valence-corrected chi connectivity index (χ1v) is 5.75. The quantitative estimate of drug-likeness (QED) is 0.613. The molecule has 7 heteroatoms. The van der Waals surface area contributed by atoms with E-state index in [1.54, 1.807) is 7.05 Å². The summed E-state index contributed by atoms with van der Waals surface area (Å²) in [6, 6.07) is 0. The van der Waals surface area contributed by atoms with Crippen molar-refractivity contribution >= 4 is 11.5 Å². The highest BCUT2D eigenvalue weighted by Crippen LogP contribution is 2.29. The first kappa shape index (κ1) is 11.8. The summed E-state index contributed by atoms with van der Waals surface area (Å²) in [5.74, 6) is 1.02. The van der Waals surface area contributed by atoms with E-state index >= 15 is 0 Å². The van der Waals surface area contributed by atoms with Crippen molar-refractivity contribution in [1.82, 2.24) is 9.78 Å². The van der Waals surface area contributed by atoms with E-state index in [4.69, 9.17) is 5.73 Å². The van der Waals surface area contributed by atoms with Gasteiger partial charge in [-0.25, -0.2) is 0 Å². The fraction of sp³-hybridized carbons (Fsp3) is 0.700. The molecule has 0 amide bonds. The minimum atomic E-state index is -0.378. The molecule has 1 saturated heterocycles. The number of nitrogens with two attached hydrogens (primary N) is 1. The van der Waals surface area contributed by atoms with Gasteiger partial charge in [0.2, 0.25) is 5.82 Å². The molecular formula is C10H17N5O2. The van der Waals surface area contributed by atoms with Crippen LogP contribution < -0.4 is 10.6 Å². The van der Waals surface area contributed by atoms with Gasteiger partial charge in [0.15, 0.2) is 0 Å². The van der Waals surface area contributed by atoms with Gasteiger partial charge < -0.3 is 10.6 Å². The molecule has 0 spiro atoms. The van der Waals surface area contributed by atoms with Crippen LogP contribution in [0.25, 0.3) is 0 Å². The Morgan fingerprint density at radius 3 is 2.76 bits per heavy atom. The molecule has 2 N–H and O–H groups in total. The lowest BCUT2D eigenvalue weighted by atomic mass is 9.97. The average molecular weight is 239 g/mol. The van der Waals surface area contributed by atoms with Crippen LogP contribution in [0, 0.1) is 16.0 Å². The van der Waals surface area contributed by atoms with Crippen LogP contribution in [0.15, 0.2) is 6.20 Å². The fourth-order valence-corrected chi connectivity index (χ4v) is 2.20. The lowest BCUT2D eigenvalue weighted by Crippen LogP contribution is -2.36. The molecule has 0 saturated carbocycles. The summed E-state index contributed by atoms with van der Waals surface area (Å²) in [4.78, 5) is 12.5. The molecule has 0 aromatic carbocycles. The zero-order valence-corrected chi connectivity index (χ0v) is 9.87. The van der Waals surface area contributed by atoms with E-state index < -0.39 is 0 Å². The minimum Gasteiger partial charge on any atom is -0.349 e. The van der Waals surface area contributed by atoms with Crippen molar-refractivity contribution < 1.29 is 4.92 Å². The molecule has 1 aromatic rings. The first-order valence-electron chi connectivity index (χ1n) is 5.75. The topological polar surface area (TPSA) is 90.2 Å². The SMILES string of the molecule is Cn1cc([N+](=O)[O-])c(N2CCC(CN)CC2)n1. The number of anilines is 1. The van der Waals surface area contributed by atoms with Gasteiger partial charge in [-0.15, -0.1) is 5.10 Å². The Morgan fingerprint density at radius 2 is 2.24 bits per heavy atom. The number of rotatable bonds is 3. The Bertz CT molecular complexity index is 409. The summed E-state index contributed by atoms with van der Waals surface area (Å²) in [6.07, 6.45) is 3.40. The van der Waals surface area contributed by atoms with Crippen molar-refractivity contribution in [2.45, 2.75) is 12.8 Å². The van der Waals surface area contributed by atoms with E-state index in [0.717, 1.165) is 25.9 Å². The van der Waals surface area contributed by atoms with Crippen LogP contribution in [0.4, 0.5) is 11.5 Å². The van der Waals surface area contributed by atoms with Crippen molar-refractivity contribution in [3.8, 4) is 0 Å². The summed E-state index contributed by atoms with van der Waals surface area (Å²) >= 11 is 0. The predicted octanol–water partition coefficient (Wildman–Crippen LogP) is 0.503. The van der Waals surface area contributed by atoms with Gasteiger partial charge in [0.1, 0.15) is 6.20 Å². The second-order valence-electron chi connectivity index (χ2n) is 4.43. The highest BCUT2D eigenvalue weighted by atomic mass is 16.6. The minimum absolute atomic E-state index is 0.0821. The van der Waals surface area contributed by atoms with E-state index in [1.165, 1.54) is 10.9 Å². The van der Waals surface area contributed by atoms with Gasteiger partial charge in [-0.2, -0.15) is 0 Å². The zero-order valence-electron chi connectivity index (χ0n) is 9.87. The second kappa shape index (κ2) is 4.70. The number of aromatic nitrogens is 2. The monoisotopic (exact) mass is 239 g/mol. The predicted molar refractivity (Wildman–Crippen MR) is 63.9 cm³/mol. The molecule has 1 fully saturated rings. The maximum absolute atomic E-state index is 10.9. The first-order chi connectivity index (χ1) is 8.11. The molecule has 1 aliphatic rings. The fourth-order valence-electron chi connectivity index (χ4n) is 2.20. The molecule has 0 radical (unpaired) electrons. The van der Waals surface area contributed by atoms with Crippen molar-refractivity contribution in [2.75, 3.05) is 24.5 Å². The zero-order chi connectivity index (χ0) is 12.4. The Labute approximate surface area is 99.3 Å². The molecule has 94 valence electrons. The summed E-state index contributed by atoms with van der Waals surface area (Å²) in [6.45, 7) is 2.28. The van der Waals surface area contributed by atoms with Gasteiger partial charge in [-0.05, 0) is 25.3 Å². The van der Waals surface area contributed by atoms with E-state index in [-0.39, 0.29) is 10.6 Å². The Morgan fingerprint density at radius 1 is 1.59 bits per heavy atom. The van der Waals surface area contributed by atoms with Gasteiger partial charge in [-0.3, -0.25) is 14.8 Å². The van der Waals surface area contributed by atoms with E-state index in [2.05, 4.69) is 5.10 Å². The Kier molecular flexibility index (Phi) is 3.28. The van der Waals surface area contributed by atoms with Gasteiger partial charge in [0, 0.05) is 20.1 Å². The second-order valence-corrected chi connectivity index (χ2v) is 4.43. The summed E-state index contributed by atoms with van der Waals surface area (Å²) in [7, 11) is 1.70. The van der Waals surface area contributed by atoms with E-state index in [0.29, 0.717) is 18.3 Å². The van der Waals surface area contributed by atoms with Crippen molar-refractivity contribution in [2.24, 2.45) is 18.7 Å². The molecule has 2 rings (SSSR count). The third kappa shape index (κ3) is 2.38. The smallest absolute Gasteiger partial charge is 0.330 e. The third-order valence-electron chi connectivity index (χ3n) is 3.23. The van der Waals surface area contributed by atoms with E-state index in [9.17, 15) is 10.1 Å². The average Bonchev–Trinajstić information content (AvgIpc) is 2.72. The molecule has 0 unspecified atom stereocenters. The Balaban J connectivity index is 2.15. The molecule has 0 bridgehead atoms. The molecule has 1 aliphatic heterocycles. The largest absolute Gasteiger partial charge is 0.349 e. The number of nitrogens with zero attached hydrogens (tertiary/aromatic N) is 4. The molecule has 0 atom stereocenters. The van der Waals surface area contributed by atoms with Crippen LogP contribution in [0.5, 0.6) is 0 Å². The summed E-state index contributed by atoms with van der Waals surface area (Å²) in [5, 5.41) is 15.1. The highest BCUT2D eigenvalue weighted by molar-refractivity contribution is 5.56. The normalized spacial score (nSPS) is 17.4. The number of hydrogen-bond acceptors (Lipinski definition) is 5. The van der Waals surface area contributed by atoms with Gasteiger partial charge in [0.25, 0.3) is 0 Å². The maximum Gasteiger partial charge on any atom is 0.330 e. The number of nitro groups is 1. The lowest BCUT2D eigenvalue weighted by Gasteiger charge is -2.30. The van der Waals surface area contributed by atoms with Crippen LogP contribution in [0.2, 0.25) is 0 Å². The van der Waals surface area contributed by atoms with E-state index in [1.807, 2.05) is 4.90 Å². The molecule has 0 aliphatic carbocycles.